The van der Waals surface area contributed by atoms with Gasteiger partial charge in [-0.3, -0.25) is 4.79 Å². The largest absolute Gasteiger partial charge is 0.496 e. The molecule has 176 valence electrons. The number of hydrogen-bond acceptors (Lipinski definition) is 6. The second-order valence-corrected chi connectivity index (χ2v) is 8.35. The van der Waals surface area contributed by atoms with Gasteiger partial charge in [-0.2, -0.15) is 0 Å². The molecule has 1 heterocycles. The minimum atomic E-state index is -0.222. The van der Waals surface area contributed by atoms with Gasteiger partial charge in [0.05, 0.1) is 36.9 Å². The summed E-state index contributed by atoms with van der Waals surface area (Å²) in [5.74, 6) is 2.49. The number of halogens is 2. The number of carbonyl (C=O) groups is 1. The zero-order valence-electron chi connectivity index (χ0n) is 19.0. The first-order valence-electron chi connectivity index (χ1n) is 10.3. The molecule has 0 N–H and O–H groups in total. The van der Waals surface area contributed by atoms with Gasteiger partial charge in [0, 0.05) is 17.7 Å². The molecule has 0 amide bonds. The third kappa shape index (κ3) is 4.65. The van der Waals surface area contributed by atoms with Gasteiger partial charge in [0.2, 0.25) is 5.78 Å². The van der Waals surface area contributed by atoms with Crippen LogP contribution in [-0.4, -0.2) is 27.1 Å². The Bertz CT molecular complexity index is 1300. The Hall–Kier alpha value is -3.35. The zero-order valence-corrected chi connectivity index (χ0v) is 20.5. The predicted molar refractivity (Wildman–Crippen MR) is 131 cm³/mol. The van der Waals surface area contributed by atoms with Gasteiger partial charge in [-0.25, -0.2) is 0 Å². The highest BCUT2D eigenvalue weighted by Crippen LogP contribution is 2.40. The number of rotatable bonds is 7. The first-order valence-corrected chi connectivity index (χ1v) is 11.1. The van der Waals surface area contributed by atoms with Crippen molar-refractivity contribution in [3.8, 4) is 28.7 Å². The van der Waals surface area contributed by atoms with Crippen molar-refractivity contribution in [2.24, 2.45) is 0 Å². The molecule has 1 aliphatic heterocycles. The number of fused-ring (bicyclic) bond motifs is 1. The van der Waals surface area contributed by atoms with E-state index in [1.165, 1.54) is 14.2 Å². The molecular formula is C26H22Cl2O6. The first kappa shape index (κ1) is 23.8. The average molecular weight is 501 g/mol. The summed E-state index contributed by atoms with van der Waals surface area (Å²) < 4.78 is 28.0. The van der Waals surface area contributed by atoms with Gasteiger partial charge in [-0.1, -0.05) is 29.3 Å². The lowest BCUT2D eigenvalue weighted by Crippen LogP contribution is -2.01. The van der Waals surface area contributed by atoms with Crippen molar-refractivity contribution in [2.45, 2.75) is 13.5 Å². The van der Waals surface area contributed by atoms with Crippen molar-refractivity contribution in [2.75, 3.05) is 21.3 Å². The standard InChI is InChI=1S/C26H22Cl2O6/c1-14-7-17(33-13-15-5-6-18(27)19(28)8-15)11-23-25(14)26(29)24(34-23)10-16-9-21(31-3)22(32-4)12-20(16)30-2/h5-12H,13H2,1-4H3/b24-10-. The molecule has 0 fully saturated rings. The Balaban J connectivity index is 1.61. The number of carbonyl (C=O) groups excluding carboxylic acids is 1. The number of methoxy groups -OCH3 is 3. The van der Waals surface area contributed by atoms with Crippen LogP contribution in [0.15, 0.2) is 48.2 Å². The lowest BCUT2D eigenvalue weighted by molar-refractivity contribution is 0.101. The van der Waals surface area contributed by atoms with Crippen LogP contribution >= 0.6 is 23.2 Å². The second-order valence-electron chi connectivity index (χ2n) is 7.54. The number of ketones is 1. The van der Waals surface area contributed by atoms with Crippen molar-refractivity contribution in [1.82, 2.24) is 0 Å². The van der Waals surface area contributed by atoms with E-state index in [9.17, 15) is 4.79 Å². The number of benzene rings is 3. The Morgan fingerprint density at radius 3 is 2.26 bits per heavy atom. The van der Waals surface area contributed by atoms with E-state index in [0.717, 1.165) is 11.1 Å². The predicted octanol–water partition coefficient (Wildman–Crippen LogP) is 6.52. The van der Waals surface area contributed by atoms with Crippen LogP contribution < -0.4 is 23.7 Å². The highest BCUT2D eigenvalue weighted by molar-refractivity contribution is 6.42. The van der Waals surface area contributed by atoms with Gasteiger partial charge in [0.15, 0.2) is 17.3 Å². The lowest BCUT2D eigenvalue weighted by Gasteiger charge is -2.12. The van der Waals surface area contributed by atoms with E-state index < -0.39 is 0 Å². The highest BCUT2D eigenvalue weighted by atomic mass is 35.5. The summed E-state index contributed by atoms with van der Waals surface area (Å²) in [4.78, 5) is 13.1. The maximum absolute atomic E-state index is 13.1. The summed E-state index contributed by atoms with van der Waals surface area (Å²) >= 11 is 12.1. The van der Waals surface area contributed by atoms with Crippen molar-refractivity contribution >= 4 is 35.1 Å². The molecule has 8 heteroatoms. The topological polar surface area (TPSA) is 63.2 Å². The molecule has 0 bridgehead atoms. The summed E-state index contributed by atoms with van der Waals surface area (Å²) in [5.41, 5.74) is 2.72. The number of allylic oxidation sites excluding steroid dienone is 1. The molecule has 1 aliphatic rings. The molecule has 6 nitrogen and oxygen atoms in total. The molecule has 0 saturated heterocycles. The van der Waals surface area contributed by atoms with Crippen molar-refractivity contribution in [3.63, 3.8) is 0 Å². The summed E-state index contributed by atoms with van der Waals surface area (Å²) in [7, 11) is 4.62. The maximum Gasteiger partial charge on any atom is 0.232 e. The van der Waals surface area contributed by atoms with Gasteiger partial charge in [0.1, 0.15) is 23.9 Å². The summed E-state index contributed by atoms with van der Waals surface area (Å²) in [6, 6.07) is 12.2. The van der Waals surface area contributed by atoms with Crippen LogP contribution in [0, 0.1) is 6.92 Å². The number of ether oxygens (including phenoxy) is 5. The van der Waals surface area contributed by atoms with E-state index in [1.807, 2.05) is 13.0 Å². The quantitative estimate of drug-likeness (QED) is 0.344. The Labute approximate surface area is 207 Å². The SMILES string of the molecule is COc1cc(OC)c(OC)cc1/C=C1\Oc2cc(OCc3ccc(Cl)c(Cl)c3)cc(C)c2C1=O. The zero-order chi connectivity index (χ0) is 24.4. The number of hydrogen-bond donors (Lipinski definition) is 0. The molecule has 0 radical (unpaired) electrons. The molecule has 34 heavy (non-hydrogen) atoms. The molecule has 0 aliphatic carbocycles. The molecule has 0 spiro atoms. The van der Waals surface area contributed by atoms with Gasteiger partial charge >= 0.3 is 0 Å². The summed E-state index contributed by atoms with van der Waals surface area (Å²) in [6.07, 6.45) is 1.62. The van der Waals surface area contributed by atoms with E-state index >= 15 is 0 Å². The molecule has 0 atom stereocenters. The highest BCUT2D eigenvalue weighted by Gasteiger charge is 2.30. The van der Waals surface area contributed by atoms with Gasteiger partial charge < -0.3 is 23.7 Å². The van der Waals surface area contributed by atoms with Crippen molar-refractivity contribution in [1.29, 1.82) is 0 Å². The fourth-order valence-corrected chi connectivity index (χ4v) is 3.98. The third-order valence-electron chi connectivity index (χ3n) is 5.36. The Kier molecular flexibility index (Phi) is 6.91. The minimum absolute atomic E-state index is 0.172. The van der Waals surface area contributed by atoms with Gasteiger partial charge in [-0.05, 0) is 48.4 Å². The monoisotopic (exact) mass is 500 g/mol. The molecule has 0 saturated carbocycles. The van der Waals surface area contributed by atoms with E-state index in [4.69, 9.17) is 46.9 Å². The van der Waals surface area contributed by atoms with Crippen LogP contribution in [0.2, 0.25) is 10.0 Å². The molecule has 3 aromatic carbocycles. The molecular weight excluding hydrogens is 479 g/mol. The van der Waals surface area contributed by atoms with Gasteiger partial charge in [0.25, 0.3) is 0 Å². The fourth-order valence-electron chi connectivity index (χ4n) is 3.66. The van der Waals surface area contributed by atoms with E-state index in [2.05, 4.69) is 0 Å². The number of aryl methyl sites for hydroxylation is 1. The van der Waals surface area contributed by atoms with Crippen LogP contribution in [0.1, 0.15) is 27.0 Å². The lowest BCUT2D eigenvalue weighted by atomic mass is 10.0. The van der Waals surface area contributed by atoms with E-state index in [0.29, 0.717) is 49.9 Å². The smallest absolute Gasteiger partial charge is 0.232 e. The van der Waals surface area contributed by atoms with E-state index in [-0.39, 0.29) is 18.1 Å². The summed E-state index contributed by atoms with van der Waals surface area (Å²) in [5, 5.41) is 0.943. The fraction of sp³-hybridized carbons (Fsp3) is 0.192. The third-order valence-corrected chi connectivity index (χ3v) is 6.09. The van der Waals surface area contributed by atoms with Crippen LogP contribution in [0.25, 0.3) is 6.08 Å². The number of Topliss-reactive ketones (excluding diaryl/α,β-unsaturated/α-hetero) is 1. The minimum Gasteiger partial charge on any atom is -0.496 e. The van der Waals surface area contributed by atoms with Crippen molar-refractivity contribution in [3.05, 3.63) is 80.5 Å². The molecule has 4 rings (SSSR count). The second kappa shape index (κ2) is 9.87. The molecule has 0 aromatic heterocycles. The van der Waals surface area contributed by atoms with Crippen LogP contribution in [0.5, 0.6) is 28.7 Å². The molecule has 0 unspecified atom stereocenters. The Morgan fingerprint density at radius 2 is 1.59 bits per heavy atom. The Morgan fingerprint density at radius 1 is 0.882 bits per heavy atom. The maximum atomic E-state index is 13.1. The normalized spacial score (nSPS) is 13.5. The van der Waals surface area contributed by atoms with Crippen LogP contribution in [0.3, 0.4) is 0 Å². The van der Waals surface area contributed by atoms with E-state index in [1.54, 1.807) is 49.6 Å². The van der Waals surface area contributed by atoms with Gasteiger partial charge in [-0.15, -0.1) is 0 Å². The van der Waals surface area contributed by atoms with Crippen LogP contribution in [0.4, 0.5) is 0 Å². The average Bonchev–Trinajstić information content (AvgIpc) is 3.14. The summed E-state index contributed by atoms with van der Waals surface area (Å²) in [6.45, 7) is 2.13. The molecule has 3 aromatic rings. The first-order chi connectivity index (χ1) is 16.3. The van der Waals surface area contributed by atoms with Crippen molar-refractivity contribution < 1.29 is 28.5 Å². The van der Waals surface area contributed by atoms with Crippen LogP contribution in [-0.2, 0) is 6.61 Å².